The SMILES string of the molecule is NC1N=CNc2c1c(-c1ccc(Oc3ccccc3)cc1)nn2[C@@H]1CCCN(C(=O)/C=C/CN2CCNCC2)C1. The van der Waals surface area contributed by atoms with E-state index in [2.05, 4.69) is 20.5 Å². The summed E-state index contributed by atoms with van der Waals surface area (Å²) >= 11 is 0. The third kappa shape index (κ3) is 5.79. The van der Waals surface area contributed by atoms with E-state index in [1.165, 1.54) is 0 Å². The number of rotatable bonds is 7. The first-order valence-electron chi connectivity index (χ1n) is 14.0. The second kappa shape index (κ2) is 12.0. The second-order valence-electron chi connectivity index (χ2n) is 10.4. The van der Waals surface area contributed by atoms with Crippen LogP contribution in [-0.4, -0.2) is 77.6 Å². The third-order valence-electron chi connectivity index (χ3n) is 7.67. The van der Waals surface area contributed by atoms with E-state index in [1.807, 2.05) is 70.3 Å². The van der Waals surface area contributed by atoms with E-state index in [0.717, 1.165) is 86.2 Å². The van der Waals surface area contributed by atoms with Crippen LogP contribution in [0, 0.1) is 0 Å². The van der Waals surface area contributed by atoms with Gasteiger partial charge in [0.2, 0.25) is 5.91 Å². The van der Waals surface area contributed by atoms with Crippen LogP contribution in [0.2, 0.25) is 0 Å². The molecule has 1 unspecified atom stereocenters. The van der Waals surface area contributed by atoms with Crippen molar-refractivity contribution in [3.8, 4) is 22.8 Å². The van der Waals surface area contributed by atoms with Crippen LogP contribution in [0.5, 0.6) is 11.5 Å². The van der Waals surface area contributed by atoms with Crippen molar-refractivity contribution >= 4 is 18.1 Å². The fourth-order valence-electron chi connectivity index (χ4n) is 5.56. The number of anilines is 1. The van der Waals surface area contributed by atoms with Crippen molar-refractivity contribution in [2.24, 2.45) is 10.7 Å². The maximum Gasteiger partial charge on any atom is 0.246 e. The summed E-state index contributed by atoms with van der Waals surface area (Å²) in [6, 6.07) is 17.6. The van der Waals surface area contributed by atoms with Gasteiger partial charge in [-0.1, -0.05) is 24.3 Å². The molecule has 4 N–H and O–H groups in total. The molecule has 2 atom stereocenters. The Labute approximate surface area is 234 Å². The van der Waals surface area contributed by atoms with Crippen LogP contribution in [0.25, 0.3) is 11.3 Å². The Morgan fingerprint density at radius 3 is 2.62 bits per heavy atom. The number of aromatic nitrogens is 2. The molecule has 1 amide bonds. The second-order valence-corrected chi connectivity index (χ2v) is 10.4. The van der Waals surface area contributed by atoms with Crippen LogP contribution in [0.3, 0.4) is 0 Å². The minimum Gasteiger partial charge on any atom is -0.457 e. The average Bonchev–Trinajstić information content (AvgIpc) is 3.40. The Kier molecular flexibility index (Phi) is 7.90. The minimum atomic E-state index is -0.519. The highest BCUT2D eigenvalue weighted by atomic mass is 16.5. The molecule has 208 valence electrons. The fraction of sp³-hybridized carbons (Fsp3) is 0.367. The zero-order valence-corrected chi connectivity index (χ0v) is 22.6. The molecule has 2 saturated heterocycles. The molecule has 3 aliphatic rings. The number of piperazine rings is 1. The number of nitrogens with zero attached hydrogens (tertiary/aromatic N) is 5. The molecule has 40 heavy (non-hydrogen) atoms. The minimum absolute atomic E-state index is 0.0358. The van der Waals surface area contributed by atoms with Gasteiger partial charge in [-0.2, -0.15) is 5.10 Å². The summed E-state index contributed by atoms with van der Waals surface area (Å²) in [5.74, 6) is 2.43. The number of carbonyl (C=O) groups excluding carboxylic acids is 1. The van der Waals surface area contributed by atoms with Crippen molar-refractivity contribution in [2.75, 3.05) is 51.1 Å². The standard InChI is InChI=1S/C30H36N8O2/c31-29-27-28(22-10-12-25(13-11-22)40-24-7-2-1-3-8-24)35-38(30(27)34-21-33-29)23-6-4-17-37(20-23)26(39)9-5-16-36-18-14-32-15-19-36/h1-3,5,7-13,21,23,29,32H,4,6,14-20,31H2,(H,33,34)/b9-5+/t23-,29?/m1/s1. The monoisotopic (exact) mass is 540 g/mol. The maximum absolute atomic E-state index is 13.1. The molecule has 0 saturated carbocycles. The smallest absolute Gasteiger partial charge is 0.246 e. The Bertz CT molecular complexity index is 1360. The molecule has 0 radical (unpaired) electrons. The molecular weight excluding hydrogens is 504 g/mol. The van der Waals surface area contributed by atoms with Gasteiger partial charge >= 0.3 is 0 Å². The van der Waals surface area contributed by atoms with Crippen LogP contribution in [0.15, 0.2) is 71.7 Å². The summed E-state index contributed by atoms with van der Waals surface area (Å²) in [7, 11) is 0. The molecule has 3 aliphatic heterocycles. The molecule has 4 heterocycles. The van der Waals surface area contributed by atoms with Gasteiger partial charge in [0.25, 0.3) is 0 Å². The first-order chi connectivity index (χ1) is 19.7. The number of likely N-dealkylation sites (tertiary alicyclic amines) is 1. The highest BCUT2D eigenvalue weighted by molar-refractivity contribution is 5.88. The van der Waals surface area contributed by atoms with Gasteiger partial charge in [-0.25, -0.2) is 4.68 Å². The number of aliphatic imine (C=N–C) groups is 1. The molecule has 0 aliphatic carbocycles. The maximum atomic E-state index is 13.1. The normalized spacial score (nSPS) is 21.3. The quantitative estimate of drug-likeness (QED) is 0.394. The summed E-state index contributed by atoms with van der Waals surface area (Å²) < 4.78 is 7.97. The van der Waals surface area contributed by atoms with Gasteiger partial charge in [0.05, 0.1) is 17.9 Å². The first-order valence-corrected chi connectivity index (χ1v) is 14.0. The van der Waals surface area contributed by atoms with Crippen LogP contribution < -0.4 is 21.1 Å². The van der Waals surface area contributed by atoms with Gasteiger partial charge in [0, 0.05) is 57.5 Å². The molecule has 3 aromatic rings. The van der Waals surface area contributed by atoms with Crippen LogP contribution in [0.1, 0.15) is 30.6 Å². The van der Waals surface area contributed by atoms with E-state index in [0.29, 0.717) is 6.54 Å². The summed E-state index contributed by atoms with van der Waals surface area (Å²) in [5.41, 5.74) is 9.04. The van der Waals surface area contributed by atoms with Crippen LogP contribution >= 0.6 is 0 Å². The number of para-hydroxylation sites is 1. The summed E-state index contributed by atoms with van der Waals surface area (Å²) in [5, 5.41) is 11.7. The van der Waals surface area contributed by atoms with E-state index in [-0.39, 0.29) is 11.9 Å². The number of hydrogen-bond acceptors (Lipinski definition) is 8. The lowest BCUT2D eigenvalue weighted by Crippen LogP contribution is -2.43. The fourth-order valence-corrected chi connectivity index (χ4v) is 5.56. The Hall–Kier alpha value is -3.99. The molecule has 10 nitrogen and oxygen atoms in total. The molecular formula is C30H36N8O2. The van der Waals surface area contributed by atoms with Gasteiger partial charge in [0.1, 0.15) is 29.2 Å². The van der Waals surface area contributed by atoms with Gasteiger partial charge in [-0.15, -0.1) is 0 Å². The Balaban J connectivity index is 1.19. The van der Waals surface area contributed by atoms with Crippen molar-refractivity contribution in [2.45, 2.75) is 25.0 Å². The van der Waals surface area contributed by atoms with Gasteiger partial charge in [-0.05, 0) is 49.2 Å². The van der Waals surface area contributed by atoms with E-state index in [4.69, 9.17) is 15.6 Å². The van der Waals surface area contributed by atoms with Gasteiger partial charge in [0.15, 0.2) is 0 Å². The van der Waals surface area contributed by atoms with Crippen molar-refractivity contribution in [3.05, 3.63) is 72.3 Å². The first kappa shape index (κ1) is 26.2. The summed E-state index contributed by atoms with van der Waals surface area (Å²) in [6.07, 6.45) is 6.68. The highest BCUT2D eigenvalue weighted by Crippen LogP contribution is 2.39. The van der Waals surface area contributed by atoms with Crippen molar-refractivity contribution in [1.29, 1.82) is 0 Å². The lowest BCUT2D eigenvalue weighted by atomic mass is 10.0. The molecule has 6 rings (SSSR count). The molecule has 2 aromatic carbocycles. The molecule has 2 fully saturated rings. The number of piperidine rings is 1. The number of amides is 1. The van der Waals surface area contributed by atoms with E-state index >= 15 is 0 Å². The molecule has 10 heteroatoms. The Morgan fingerprint density at radius 1 is 1.05 bits per heavy atom. The lowest BCUT2D eigenvalue weighted by molar-refractivity contribution is -0.127. The zero-order chi connectivity index (χ0) is 27.3. The predicted octanol–water partition coefficient (Wildman–Crippen LogP) is 3.38. The number of nitrogens with two attached hydrogens (primary N) is 1. The number of hydrogen-bond donors (Lipinski definition) is 3. The summed E-state index contributed by atoms with van der Waals surface area (Å²) in [6.45, 7) is 6.18. The van der Waals surface area contributed by atoms with Crippen LogP contribution in [0.4, 0.5) is 5.82 Å². The van der Waals surface area contributed by atoms with E-state index in [1.54, 1.807) is 12.4 Å². The number of nitrogens with one attached hydrogen (secondary N) is 2. The topological polar surface area (TPSA) is 113 Å². The number of benzene rings is 2. The lowest BCUT2D eigenvalue weighted by Gasteiger charge is -2.33. The van der Waals surface area contributed by atoms with Crippen molar-refractivity contribution < 1.29 is 9.53 Å². The molecule has 0 bridgehead atoms. The Morgan fingerprint density at radius 2 is 1.82 bits per heavy atom. The molecule has 0 spiro atoms. The van der Waals surface area contributed by atoms with Crippen molar-refractivity contribution in [1.82, 2.24) is 24.9 Å². The van der Waals surface area contributed by atoms with Gasteiger partial charge in [-0.3, -0.25) is 14.7 Å². The largest absolute Gasteiger partial charge is 0.457 e. The zero-order valence-electron chi connectivity index (χ0n) is 22.6. The van der Waals surface area contributed by atoms with E-state index in [9.17, 15) is 4.79 Å². The van der Waals surface area contributed by atoms with E-state index < -0.39 is 6.17 Å². The van der Waals surface area contributed by atoms with Crippen molar-refractivity contribution in [3.63, 3.8) is 0 Å². The molecule has 1 aromatic heterocycles. The number of carbonyl (C=O) groups is 1. The third-order valence-corrected chi connectivity index (χ3v) is 7.67. The highest BCUT2D eigenvalue weighted by Gasteiger charge is 2.32. The summed E-state index contributed by atoms with van der Waals surface area (Å²) in [4.78, 5) is 21.7. The van der Waals surface area contributed by atoms with Crippen LogP contribution in [-0.2, 0) is 4.79 Å². The predicted molar refractivity (Wildman–Crippen MR) is 157 cm³/mol. The average molecular weight is 541 g/mol. The van der Waals surface area contributed by atoms with Gasteiger partial charge < -0.3 is 26.0 Å². The number of ether oxygens (including phenoxy) is 1. The number of fused-ring (bicyclic) bond motifs is 1.